The molecule has 0 aromatic heterocycles. The molecule has 0 saturated carbocycles. The van der Waals surface area contributed by atoms with E-state index in [9.17, 15) is 19.7 Å². The van der Waals surface area contributed by atoms with Gasteiger partial charge in [0.25, 0.3) is 17.5 Å². The molecule has 0 fully saturated rings. The number of amides is 2. The van der Waals surface area contributed by atoms with Crippen molar-refractivity contribution in [3.8, 4) is 5.75 Å². The molecule has 0 bridgehead atoms. The van der Waals surface area contributed by atoms with E-state index in [1.807, 2.05) is 0 Å². The Morgan fingerprint density at radius 2 is 1.81 bits per heavy atom. The lowest BCUT2D eigenvalue weighted by atomic mass is 10.1. The number of carbonyl (C=O) groups is 2. The Hall–Kier alpha value is -3.42. The van der Waals surface area contributed by atoms with Crippen molar-refractivity contribution in [2.24, 2.45) is 0 Å². The van der Waals surface area contributed by atoms with Crippen molar-refractivity contribution in [2.75, 3.05) is 19.4 Å². The minimum Gasteiger partial charge on any atom is -0.481 e. The molecule has 0 aliphatic carbocycles. The Morgan fingerprint density at radius 1 is 1.15 bits per heavy atom. The van der Waals surface area contributed by atoms with E-state index in [1.165, 1.54) is 29.2 Å². The highest BCUT2D eigenvalue weighted by molar-refractivity contribution is 5.98. The van der Waals surface area contributed by atoms with Crippen molar-refractivity contribution >= 4 is 23.2 Å². The standard InChI is InChI=1S/C18H19N3O5/c1-12(26-16-9-7-15(8-10-16)21(24)25)17(22)19-14-6-4-5-13(11-14)18(23)20(2)3/h4-12H,1-3H3,(H,19,22). The van der Waals surface area contributed by atoms with Gasteiger partial charge in [0.05, 0.1) is 4.92 Å². The van der Waals surface area contributed by atoms with Gasteiger partial charge in [-0.15, -0.1) is 0 Å². The molecule has 1 N–H and O–H groups in total. The van der Waals surface area contributed by atoms with Gasteiger partial charge in [-0.3, -0.25) is 19.7 Å². The number of carbonyl (C=O) groups excluding carboxylic acids is 2. The van der Waals surface area contributed by atoms with Crippen LogP contribution in [0.5, 0.6) is 5.75 Å². The SMILES string of the molecule is CC(Oc1ccc([N+](=O)[O-])cc1)C(=O)Nc1cccc(C(=O)N(C)C)c1. The zero-order chi connectivity index (χ0) is 19.3. The molecule has 2 aromatic rings. The second-order valence-corrected chi connectivity index (χ2v) is 5.78. The van der Waals surface area contributed by atoms with Gasteiger partial charge in [-0.2, -0.15) is 0 Å². The lowest BCUT2D eigenvalue weighted by Gasteiger charge is -2.15. The van der Waals surface area contributed by atoms with Crippen molar-refractivity contribution in [2.45, 2.75) is 13.0 Å². The number of nitrogens with one attached hydrogen (secondary N) is 1. The predicted octanol–water partition coefficient (Wildman–Crippen LogP) is 2.70. The van der Waals surface area contributed by atoms with Gasteiger partial charge in [-0.1, -0.05) is 6.07 Å². The molecule has 0 saturated heterocycles. The number of nitro benzene ring substituents is 1. The summed E-state index contributed by atoms with van der Waals surface area (Å²) in [5, 5.41) is 13.3. The number of benzene rings is 2. The number of rotatable bonds is 6. The summed E-state index contributed by atoms with van der Waals surface area (Å²) in [6.07, 6.45) is -0.829. The second kappa shape index (κ2) is 8.11. The smallest absolute Gasteiger partial charge is 0.269 e. The van der Waals surface area contributed by atoms with Crippen molar-refractivity contribution in [3.63, 3.8) is 0 Å². The largest absolute Gasteiger partial charge is 0.481 e. The van der Waals surface area contributed by atoms with Crippen LogP contribution in [-0.2, 0) is 4.79 Å². The van der Waals surface area contributed by atoms with Crippen LogP contribution in [-0.4, -0.2) is 41.8 Å². The number of nitrogens with zero attached hydrogens (tertiary/aromatic N) is 2. The lowest BCUT2D eigenvalue weighted by molar-refractivity contribution is -0.384. The normalized spacial score (nSPS) is 11.3. The van der Waals surface area contributed by atoms with Crippen LogP contribution in [0.4, 0.5) is 11.4 Å². The Bertz CT molecular complexity index is 818. The third kappa shape index (κ3) is 4.79. The molecule has 0 aliphatic heterocycles. The fourth-order valence-electron chi connectivity index (χ4n) is 2.14. The summed E-state index contributed by atoms with van der Waals surface area (Å²) in [6, 6.07) is 12.0. The van der Waals surface area contributed by atoms with Crippen LogP contribution in [0.15, 0.2) is 48.5 Å². The van der Waals surface area contributed by atoms with E-state index in [0.717, 1.165) is 0 Å². The average Bonchev–Trinajstić information content (AvgIpc) is 2.61. The number of hydrogen-bond acceptors (Lipinski definition) is 5. The third-order valence-electron chi connectivity index (χ3n) is 3.51. The summed E-state index contributed by atoms with van der Waals surface area (Å²) in [5.74, 6) is -0.233. The number of non-ortho nitro benzene ring substituents is 1. The predicted molar refractivity (Wildman–Crippen MR) is 96.3 cm³/mol. The van der Waals surface area contributed by atoms with E-state index in [1.54, 1.807) is 45.3 Å². The van der Waals surface area contributed by atoms with Crippen LogP contribution in [0.1, 0.15) is 17.3 Å². The average molecular weight is 357 g/mol. The fourth-order valence-corrected chi connectivity index (χ4v) is 2.14. The lowest BCUT2D eigenvalue weighted by Crippen LogP contribution is -2.30. The number of ether oxygens (including phenoxy) is 1. The molecule has 8 heteroatoms. The van der Waals surface area contributed by atoms with Crippen molar-refractivity contribution in [1.29, 1.82) is 0 Å². The van der Waals surface area contributed by atoms with Crippen molar-refractivity contribution < 1.29 is 19.2 Å². The zero-order valence-electron chi connectivity index (χ0n) is 14.6. The van der Waals surface area contributed by atoms with Crippen LogP contribution in [0, 0.1) is 10.1 Å². The molecule has 0 radical (unpaired) electrons. The summed E-state index contributed by atoms with van der Waals surface area (Å²) in [7, 11) is 3.29. The molecule has 2 amide bonds. The number of anilines is 1. The fraction of sp³-hybridized carbons (Fsp3) is 0.222. The van der Waals surface area contributed by atoms with Gasteiger partial charge in [0.1, 0.15) is 5.75 Å². The van der Waals surface area contributed by atoms with Crippen LogP contribution in [0.2, 0.25) is 0 Å². The van der Waals surface area contributed by atoms with E-state index in [2.05, 4.69) is 5.32 Å². The van der Waals surface area contributed by atoms with Gasteiger partial charge < -0.3 is 15.0 Å². The first-order valence-corrected chi connectivity index (χ1v) is 7.81. The number of hydrogen-bond donors (Lipinski definition) is 1. The van der Waals surface area contributed by atoms with Crippen LogP contribution in [0.3, 0.4) is 0 Å². The molecule has 1 unspecified atom stereocenters. The number of nitro groups is 1. The molecule has 0 aliphatic rings. The molecular weight excluding hydrogens is 338 g/mol. The van der Waals surface area contributed by atoms with E-state index >= 15 is 0 Å². The summed E-state index contributed by atoms with van der Waals surface area (Å²) < 4.78 is 5.49. The minimum atomic E-state index is -0.829. The highest BCUT2D eigenvalue weighted by Gasteiger charge is 2.16. The first-order chi connectivity index (χ1) is 12.3. The molecule has 2 aromatic carbocycles. The first kappa shape index (κ1) is 18.9. The molecule has 1 atom stereocenters. The summed E-state index contributed by atoms with van der Waals surface area (Å²) in [4.78, 5) is 35.8. The van der Waals surface area contributed by atoms with E-state index in [4.69, 9.17) is 4.74 Å². The third-order valence-corrected chi connectivity index (χ3v) is 3.51. The van der Waals surface area contributed by atoms with Gasteiger partial charge in [-0.05, 0) is 37.3 Å². The van der Waals surface area contributed by atoms with Crippen LogP contribution >= 0.6 is 0 Å². The molecule has 26 heavy (non-hydrogen) atoms. The molecule has 0 spiro atoms. The van der Waals surface area contributed by atoms with Crippen molar-refractivity contribution in [1.82, 2.24) is 4.90 Å². The summed E-state index contributed by atoms with van der Waals surface area (Å²) >= 11 is 0. The quantitative estimate of drug-likeness (QED) is 0.632. The van der Waals surface area contributed by atoms with Crippen LogP contribution < -0.4 is 10.1 Å². The van der Waals surface area contributed by atoms with Gasteiger partial charge >= 0.3 is 0 Å². The molecule has 136 valence electrons. The van der Waals surface area contributed by atoms with Crippen LogP contribution in [0.25, 0.3) is 0 Å². The molecular formula is C18H19N3O5. The molecule has 8 nitrogen and oxygen atoms in total. The van der Waals surface area contributed by atoms with Gasteiger partial charge in [-0.25, -0.2) is 0 Å². The Balaban J connectivity index is 2.01. The van der Waals surface area contributed by atoms with E-state index < -0.39 is 16.9 Å². The van der Waals surface area contributed by atoms with Gasteiger partial charge in [0, 0.05) is 37.5 Å². The molecule has 2 rings (SSSR count). The van der Waals surface area contributed by atoms with E-state index in [-0.39, 0.29) is 11.6 Å². The topological polar surface area (TPSA) is 102 Å². The first-order valence-electron chi connectivity index (χ1n) is 7.81. The highest BCUT2D eigenvalue weighted by atomic mass is 16.6. The van der Waals surface area contributed by atoms with Gasteiger partial charge in [0.2, 0.25) is 0 Å². The Kier molecular flexibility index (Phi) is 5.90. The van der Waals surface area contributed by atoms with E-state index in [0.29, 0.717) is 17.0 Å². The van der Waals surface area contributed by atoms with Crippen molar-refractivity contribution in [3.05, 3.63) is 64.2 Å². The minimum absolute atomic E-state index is 0.0585. The Labute approximate surface area is 150 Å². The Morgan fingerprint density at radius 3 is 2.38 bits per heavy atom. The molecule has 0 heterocycles. The summed E-state index contributed by atoms with van der Waals surface area (Å²) in [5.41, 5.74) is 0.871. The monoisotopic (exact) mass is 357 g/mol. The maximum Gasteiger partial charge on any atom is 0.269 e. The summed E-state index contributed by atoms with van der Waals surface area (Å²) in [6.45, 7) is 1.56. The zero-order valence-corrected chi connectivity index (χ0v) is 14.6. The second-order valence-electron chi connectivity index (χ2n) is 5.78. The maximum atomic E-state index is 12.3. The maximum absolute atomic E-state index is 12.3. The highest BCUT2D eigenvalue weighted by Crippen LogP contribution is 2.19. The van der Waals surface area contributed by atoms with Gasteiger partial charge in [0.15, 0.2) is 6.10 Å².